The Bertz CT molecular complexity index is 691. The lowest BCUT2D eigenvalue weighted by Gasteiger charge is -2.34. The summed E-state index contributed by atoms with van der Waals surface area (Å²) in [6, 6.07) is 10.8. The number of benzene rings is 1. The van der Waals surface area contributed by atoms with E-state index in [1.165, 1.54) is 5.56 Å². The van der Waals surface area contributed by atoms with Crippen molar-refractivity contribution in [3.63, 3.8) is 0 Å². The van der Waals surface area contributed by atoms with Crippen LogP contribution in [0.15, 0.2) is 66.8 Å². The van der Waals surface area contributed by atoms with E-state index >= 15 is 0 Å². The summed E-state index contributed by atoms with van der Waals surface area (Å²) in [5.41, 5.74) is 2.85. The van der Waals surface area contributed by atoms with Crippen LogP contribution < -0.4 is 0 Å². The molecule has 0 saturated heterocycles. The van der Waals surface area contributed by atoms with Crippen molar-refractivity contribution in [1.29, 1.82) is 0 Å². The Kier molecular flexibility index (Phi) is 12.9. The smallest absolute Gasteiger partial charge is 0.0539 e. The number of hydrogen-bond donors (Lipinski definition) is 0. The first kappa shape index (κ1) is 28.4. The van der Waals surface area contributed by atoms with Gasteiger partial charge < -0.3 is 9.47 Å². The van der Waals surface area contributed by atoms with E-state index in [-0.39, 0.29) is 10.8 Å². The van der Waals surface area contributed by atoms with Crippen LogP contribution in [0.5, 0.6) is 0 Å². The van der Waals surface area contributed by atoms with Gasteiger partial charge in [0.1, 0.15) is 0 Å². The summed E-state index contributed by atoms with van der Waals surface area (Å²) in [7, 11) is 0. The van der Waals surface area contributed by atoms with Gasteiger partial charge in [0.05, 0.1) is 13.2 Å². The number of unbranched alkanes of at least 4 members (excludes halogenated alkanes) is 1. The molecule has 2 nitrogen and oxygen atoms in total. The van der Waals surface area contributed by atoms with Gasteiger partial charge in [-0.2, -0.15) is 0 Å². The zero-order valence-electron chi connectivity index (χ0n) is 21.8. The molecule has 0 bridgehead atoms. The van der Waals surface area contributed by atoms with Gasteiger partial charge in [0.2, 0.25) is 0 Å². The zero-order valence-corrected chi connectivity index (χ0v) is 21.8. The Morgan fingerprint density at radius 3 is 2.06 bits per heavy atom. The molecule has 0 N–H and O–H groups in total. The molecule has 0 aliphatic heterocycles. The lowest BCUT2D eigenvalue weighted by molar-refractivity contribution is 0.0550. The highest BCUT2D eigenvalue weighted by Crippen LogP contribution is 2.38. The van der Waals surface area contributed by atoms with E-state index in [1.54, 1.807) is 0 Å². The minimum Gasteiger partial charge on any atom is -0.381 e. The lowest BCUT2D eigenvalue weighted by Crippen LogP contribution is -2.26. The van der Waals surface area contributed by atoms with Crippen LogP contribution in [0.25, 0.3) is 0 Å². The molecule has 0 saturated carbocycles. The van der Waals surface area contributed by atoms with Crippen molar-refractivity contribution in [2.75, 3.05) is 26.4 Å². The lowest BCUT2D eigenvalue weighted by atomic mass is 9.73. The summed E-state index contributed by atoms with van der Waals surface area (Å²) in [5, 5.41) is 0. The molecular weight excluding hydrogens is 392 g/mol. The van der Waals surface area contributed by atoms with E-state index < -0.39 is 0 Å². The van der Waals surface area contributed by atoms with Gasteiger partial charge in [0, 0.05) is 25.0 Å². The van der Waals surface area contributed by atoms with Crippen LogP contribution in [-0.4, -0.2) is 26.4 Å². The second-order valence-corrected chi connectivity index (χ2v) is 10.5. The minimum atomic E-state index is 0.124. The van der Waals surface area contributed by atoms with Crippen LogP contribution in [0.3, 0.4) is 0 Å². The Labute approximate surface area is 198 Å². The normalized spacial score (nSPS) is 14.8. The highest BCUT2D eigenvalue weighted by Gasteiger charge is 2.29. The third-order valence-electron chi connectivity index (χ3n) is 6.56. The van der Waals surface area contributed by atoms with Crippen molar-refractivity contribution in [2.24, 2.45) is 16.7 Å². The summed E-state index contributed by atoms with van der Waals surface area (Å²) in [4.78, 5) is 0. The van der Waals surface area contributed by atoms with Crippen molar-refractivity contribution in [3.05, 3.63) is 72.4 Å². The molecule has 0 heterocycles. The van der Waals surface area contributed by atoms with Crippen molar-refractivity contribution in [3.8, 4) is 0 Å². The van der Waals surface area contributed by atoms with Crippen LogP contribution in [0.2, 0.25) is 0 Å². The molecule has 32 heavy (non-hydrogen) atoms. The second-order valence-electron chi connectivity index (χ2n) is 10.5. The number of hydrogen-bond acceptors (Lipinski definition) is 2. The SMILES string of the molecule is C=C(/C=C\C=C/C)[C@@H](COCCCCOC[C@H](c1ccccc1)C(C)(C)CC)C(C)(C)C. The largest absolute Gasteiger partial charge is 0.381 e. The minimum absolute atomic E-state index is 0.124. The average molecular weight is 441 g/mol. The summed E-state index contributed by atoms with van der Waals surface area (Å²) >= 11 is 0. The number of ether oxygens (including phenoxy) is 2. The number of rotatable bonds is 15. The van der Waals surface area contributed by atoms with E-state index in [0.717, 1.165) is 44.7 Å². The predicted molar refractivity (Wildman–Crippen MR) is 140 cm³/mol. The first-order chi connectivity index (χ1) is 15.1. The maximum atomic E-state index is 6.13. The van der Waals surface area contributed by atoms with Gasteiger partial charge in [-0.05, 0) is 41.7 Å². The summed E-state index contributed by atoms with van der Waals surface area (Å²) in [5.74, 6) is 0.724. The molecule has 1 aromatic rings. The van der Waals surface area contributed by atoms with E-state index in [1.807, 2.05) is 19.1 Å². The maximum Gasteiger partial charge on any atom is 0.0539 e. The fraction of sp³-hybridized carbons (Fsp3) is 0.600. The molecule has 0 spiro atoms. The molecule has 1 aromatic carbocycles. The molecule has 2 heteroatoms. The molecule has 1 rings (SSSR count). The van der Waals surface area contributed by atoms with Gasteiger partial charge in [-0.1, -0.05) is 109 Å². The summed E-state index contributed by atoms with van der Waals surface area (Å²) in [6.45, 7) is 23.1. The first-order valence-corrected chi connectivity index (χ1v) is 12.3. The third kappa shape index (κ3) is 10.3. The third-order valence-corrected chi connectivity index (χ3v) is 6.56. The van der Waals surface area contributed by atoms with Gasteiger partial charge in [-0.25, -0.2) is 0 Å². The van der Waals surface area contributed by atoms with Gasteiger partial charge >= 0.3 is 0 Å². The molecule has 180 valence electrons. The Hall–Kier alpha value is -1.64. The predicted octanol–water partition coefficient (Wildman–Crippen LogP) is 8.37. The molecule has 0 aliphatic carbocycles. The maximum absolute atomic E-state index is 6.13. The van der Waals surface area contributed by atoms with Gasteiger partial charge in [-0.3, -0.25) is 0 Å². The van der Waals surface area contributed by atoms with Crippen LogP contribution in [0.1, 0.15) is 79.2 Å². The molecule has 2 atom stereocenters. The van der Waals surface area contributed by atoms with Gasteiger partial charge in [-0.15, -0.1) is 0 Å². The van der Waals surface area contributed by atoms with Gasteiger partial charge in [0.15, 0.2) is 0 Å². The molecule has 0 aromatic heterocycles. The van der Waals surface area contributed by atoms with Crippen molar-refractivity contribution >= 4 is 0 Å². The monoisotopic (exact) mass is 440 g/mol. The van der Waals surface area contributed by atoms with Gasteiger partial charge in [0.25, 0.3) is 0 Å². The molecule has 0 amide bonds. The number of allylic oxidation sites excluding steroid dienone is 4. The average Bonchev–Trinajstić information content (AvgIpc) is 2.74. The fourth-order valence-electron chi connectivity index (χ4n) is 3.84. The van der Waals surface area contributed by atoms with Crippen LogP contribution >= 0.6 is 0 Å². The van der Waals surface area contributed by atoms with E-state index in [4.69, 9.17) is 9.47 Å². The standard InChI is InChI=1S/C30H48O2/c1-9-11-13-18-25(3)27(29(4,5)6)23-31-21-16-17-22-32-24-28(30(7,8)10-2)26-19-14-12-15-20-26/h9,11-15,18-20,27-28H,3,10,16-17,21-24H2,1-2,4-8H3/b11-9-,18-13-/t27-,28-/m1/s1. The topological polar surface area (TPSA) is 18.5 Å². The van der Waals surface area contributed by atoms with Crippen molar-refractivity contribution < 1.29 is 9.47 Å². The molecule has 0 aliphatic rings. The van der Waals surface area contributed by atoms with Crippen molar-refractivity contribution in [1.82, 2.24) is 0 Å². The molecule has 0 radical (unpaired) electrons. The van der Waals surface area contributed by atoms with Crippen LogP contribution in [0, 0.1) is 16.7 Å². The summed E-state index contributed by atoms with van der Waals surface area (Å²) in [6.07, 6.45) is 11.4. The quantitative estimate of drug-likeness (QED) is 0.201. The molecule has 0 unspecified atom stereocenters. The fourth-order valence-corrected chi connectivity index (χ4v) is 3.84. The highest BCUT2D eigenvalue weighted by molar-refractivity contribution is 5.23. The van der Waals surface area contributed by atoms with E-state index in [9.17, 15) is 0 Å². The van der Waals surface area contributed by atoms with E-state index in [2.05, 4.69) is 90.6 Å². The van der Waals surface area contributed by atoms with Crippen molar-refractivity contribution in [2.45, 2.75) is 73.6 Å². The first-order valence-electron chi connectivity index (χ1n) is 12.3. The van der Waals surface area contributed by atoms with Crippen LogP contribution in [-0.2, 0) is 9.47 Å². The second kappa shape index (κ2) is 14.5. The Morgan fingerprint density at radius 2 is 1.53 bits per heavy atom. The van der Waals surface area contributed by atoms with E-state index in [0.29, 0.717) is 18.4 Å². The highest BCUT2D eigenvalue weighted by atomic mass is 16.5. The zero-order chi connectivity index (χ0) is 24.0. The molecule has 0 fully saturated rings. The molecular formula is C30H48O2. The Morgan fingerprint density at radius 1 is 0.938 bits per heavy atom. The summed E-state index contributed by atoms with van der Waals surface area (Å²) < 4.78 is 12.2. The Balaban J connectivity index is 2.39. The van der Waals surface area contributed by atoms with Crippen LogP contribution in [0.4, 0.5) is 0 Å².